The van der Waals surface area contributed by atoms with Gasteiger partial charge in [-0.3, -0.25) is 9.97 Å². The third-order valence-corrected chi connectivity index (χ3v) is 2.39. The van der Waals surface area contributed by atoms with E-state index >= 15 is 0 Å². The molecule has 0 aliphatic carbocycles. The Morgan fingerprint density at radius 3 is 3.07 bits per heavy atom. The molecular weight excluding hydrogens is 172 g/mol. The molecule has 0 saturated carbocycles. The maximum Gasteiger partial charge on any atom is 0.0764 e. The van der Waals surface area contributed by atoms with E-state index in [1.165, 1.54) is 18.4 Å². The molecule has 0 unspecified atom stereocenters. The zero-order valence-corrected chi connectivity index (χ0v) is 8.40. The van der Waals surface area contributed by atoms with E-state index in [4.69, 9.17) is 0 Å². The first-order chi connectivity index (χ1) is 6.92. The molecule has 2 heteroatoms. The van der Waals surface area contributed by atoms with Crippen molar-refractivity contribution in [2.45, 2.75) is 26.2 Å². The summed E-state index contributed by atoms with van der Waals surface area (Å²) in [4.78, 5) is 8.62. The van der Waals surface area contributed by atoms with Crippen molar-refractivity contribution >= 4 is 10.9 Å². The van der Waals surface area contributed by atoms with Gasteiger partial charge in [0.05, 0.1) is 5.52 Å². The maximum atomic E-state index is 4.39. The van der Waals surface area contributed by atoms with Crippen LogP contribution in [0.1, 0.15) is 25.3 Å². The van der Waals surface area contributed by atoms with Crippen LogP contribution in [-0.2, 0) is 6.42 Å². The third-order valence-electron chi connectivity index (χ3n) is 2.39. The van der Waals surface area contributed by atoms with Crippen molar-refractivity contribution in [1.82, 2.24) is 9.97 Å². The minimum Gasteiger partial charge on any atom is -0.264 e. The summed E-state index contributed by atoms with van der Waals surface area (Å²) in [5, 5.41) is 1.14. The van der Waals surface area contributed by atoms with Crippen LogP contribution in [0.3, 0.4) is 0 Å². The predicted octanol–water partition coefficient (Wildman–Crippen LogP) is 2.97. The van der Waals surface area contributed by atoms with Crippen molar-refractivity contribution in [2.75, 3.05) is 0 Å². The van der Waals surface area contributed by atoms with Gasteiger partial charge in [0, 0.05) is 24.0 Å². The molecule has 0 amide bonds. The SMILES string of the molecule is CCCCc1cncc2cccnc12. The number of nitrogens with zero attached hydrogens (tertiary/aromatic N) is 2. The normalized spacial score (nSPS) is 10.6. The lowest BCUT2D eigenvalue weighted by Crippen LogP contribution is -1.90. The van der Waals surface area contributed by atoms with Crippen molar-refractivity contribution in [2.24, 2.45) is 0 Å². The molecule has 0 N–H and O–H groups in total. The first-order valence-electron chi connectivity index (χ1n) is 5.09. The van der Waals surface area contributed by atoms with Gasteiger partial charge in [-0.25, -0.2) is 0 Å². The van der Waals surface area contributed by atoms with Gasteiger partial charge >= 0.3 is 0 Å². The zero-order valence-electron chi connectivity index (χ0n) is 8.40. The van der Waals surface area contributed by atoms with E-state index in [1.54, 1.807) is 0 Å². The lowest BCUT2D eigenvalue weighted by Gasteiger charge is -2.03. The van der Waals surface area contributed by atoms with Crippen LogP contribution in [0.4, 0.5) is 0 Å². The molecule has 0 saturated heterocycles. The largest absolute Gasteiger partial charge is 0.264 e. The van der Waals surface area contributed by atoms with Gasteiger partial charge in [0.15, 0.2) is 0 Å². The molecule has 72 valence electrons. The van der Waals surface area contributed by atoms with Crippen molar-refractivity contribution in [3.63, 3.8) is 0 Å². The van der Waals surface area contributed by atoms with E-state index in [9.17, 15) is 0 Å². The molecule has 0 aromatic carbocycles. The molecule has 2 rings (SSSR count). The fourth-order valence-corrected chi connectivity index (χ4v) is 1.61. The average molecular weight is 186 g/mol. The lowest BCUT2D eigenvalue weighted by molar-refractivity contribution is 0.795. The first kappa shape index (κ1) is 9.13. The van der Waals surface area contributed by atoms with Crippen molar-refractivity contribution in [3.8, 4) is 0 Å². The molecule has 2 aromatic heterocycles. The van der Waals surface area contributed by atoms with Gasteiger partial charge in [-0.05, 0) is 30.5 Å². The molecule has 14 heavy (non-hydrogen) atoms. The quantitative estimate of drug-likeness (QED) is 0.736. The van der Waals surface area contributed by atoms with Crippen LogP contribution in [0.5, 0.6) is 0 Å². The molecule has 0 spiro atoms. The van der Waals surface area contributed by atoms with Gasteiger partial charge < -0.3 is 0 Å². The number of rotatable bonds is 3. The van der Waals surface area contributed by atoms with Crippen LogP contribution >= 0.6 is 0 Å². The third kappa shape index (κ3) is 1.74. The summed E-state index contributed by atoms with van der Waals surface area (Å²) in [5.41, 5.74) is 2.38. The standard InChI is InChI=1S/C12H14N2/c1-2-3-5-10-8-13-9-11-6-4-7-14-12(10)11/h4,6-9H,2-3,5H2,1H3. The van der Waals surface area contributed by atoms with E-state index in [0.717, 1.165) is 17.3 Å². The number of aryl methyl sites for hydroxylation is 1. The fraction of sp³-hybridized carbons (Fsp3) is 0.333. The molecule has 0 atom stereocenters. The zero-order chi connectivity index (χ0) is 9.80. The van der Waals surface area contributed by atoms with Crippen LogP contribution < -0.4 is 0 Å². The van der Waals surface area contributed by atoms with E-state index in [0.29, 0.717) is 0 Å². The van der Waals surface area contributed by atoms with Crippen LogP contribution in [0.2, 0.25) is 0 Å². The monoisotopic (exact) mass is 186 g/mol. The molecule has 0 aliphatic rings. The molecular formula is C12H14N2. The van der Waals surface area contributed by atoms with E-state index in [2.05, 4.69) is 23.0 Å². The van der Waals surface area contributed by atoms with Crippen molar-refractivity contribution < 1.29 is 0 Å². The van der Waals surface area contributed by atoms with Gasteiger partial charge in [0.25, 0.3) is 0 Å². The summed E-state index contributed by atoms with van der Waals surface area (Å²) >= 11 is 0. The Kier molecular flexibility index (Phi) is 2.73. The topological polar surface area (TPSA) is 25.8 Å². The second-order valence-corrected chi connectivity index (χ2v) is 3.48. The number of aromatic nitrogens is 2. The van der Waals surface area contributed by atoms with Gasteiger partial charge in [-0.1, -0.05) is 13.3 Å². The molecule has 0 aliphatic heterocycles. The van der Waals surface area contributed by atoms with E-state index in [1.807, 2.05) is 24.7 Å². The minimum absolute atomic E-state index is 1.08. The number of pyridine rings is 2. The second kappa shape index (κ2) is 4.18. The Hall–Kier alpha value is -1.44. The Morgan fingerprint density at radius 2 is 2.21 bits per heavy atom. The van der Waals surface area contributed by atoms with Gasteiger partial charge in [0.2, 0.25) is 0 Å². The minimum atomic E-state index is 1.08. The number of unbranched alkanes of at least 4 members (excludes halogenated alkanes) is 1. The van der Waals surface area contributed by atoms with Crippen molar-refractivity contribution in [3.05, 3.63) is 36.3 Å². The van der Waals surface area contributed by atoms with Crippen LogP contribution in [0, 0.1) is 0 Å². The van der Waals surface area contributed by atoms with Gasteiger partial charge in [-0.2, -0.15) is 0 Å². The Balaban J connectivity index is 2.43. The Bertz CT molecular complexity index is 418. The molecule has 2 aromatic rings. The molecule has 2 heterocycles. The average Bonchev–Trinajstić information content (AvgIpc) is 2.26. The second-order valence-electron chi connectivity index (χ2n) is 3.48. The number of hydrogen-bond acceptors (Lipinski definition) is 2. The predicted molar refractivity (Wildman–Crippen MR) is 58.2 cm³/mol. The fourth-order valence-electron chi connectivity index (χ4n) is 1.61. The highest BCUT2D eigenvalue weighted by Crippen LogP contribution is 2.15. The van der Waals surface area contributed by atoms with Crippen LogP contribution in [0.15, 0.2) is 30.7 Å². The first-order valence-corrected chi connectivity index (χ1v) is 5.09. The van der Waals surface area contributed by atoms with Crippen LogP contribution in [-0.4, -0.2) is 9.97 Å². The van der Waals surface area contributed by atoms with Crippen LogP contribution in [0.25, 0.3) is 10.9 Å². The lowest BCUT2D eigenvalue weighted by atomic mass is 10.1. The molecule has 0 bridgehead atoms. The number of fused-ring (bicyclic) bond motifs is 1. The molecule has 2 nitrogen and oxygen atoms in total. The van der Waals surface area contributed by atoms with Gasteiger partial charge in [-0.15, -0.1) is 0 Å². The number of hydrogen-bond donors (Lipinski definition) is 0. The van der Waals surface area contributed by atoms with Gasteiger partial charge in [0.1, 0.15) is 0 Å². The highest BCUT2D eigenvalue weighted by molar-refractivity contribution is 5.80. The molecule has 0 radical (unpaired) electrons. The van der Waals surface area contributed by atoms with E-state index in [-0.39, 0.29) is 0 Å². The molecule has 0 fully saturated rings. The maximum absolute atomic E-state index is 4.39. The summed E-state index contributed by atoms with van der Waals surface area (Å²) in [7, 11) is 0. The smallest absolute Gasteiger partial charge is 0.0764 e. The summed E-state index contributed by atoms with van der Waals surface area (Å²) in [6.45, 7) is 2.20. The summed E-state index contributed by atoms with van der Waals surface area (Å²) in [6.07, 6.45) is 9.15. The Morgan fingerprint density at radius 1 is 1.29 bits per heavy atom. The summed E-state index contributed by atoms with van der Waals surface area (Å²) in [6, 6.07) is 4.01. The summed E-state index contributed by atoms with van der Waals surface area (Å²) in [5.74, 6) is 0. The highest BCUT2D eigenvalue weighted by atomic mass is 14.7. The highest BCUT2D eigenvalue weighted by Gasteiger charge is 2.00. The van der Waals surface area contributed by atoms with Crippen molar-refractivity contribution in [1.29, 1.82) is 0 Å². The Labute approximate surface area is 84.0 Å². The summed E-state index contributed by atoms with van der Waals surface area (Å²) < 4.78 is 0. The van der Waals surface area contributed by atoms with E-state index < -0.39 is 0 Å².